The van der Waals surface area contributed by atoms with Crippen molar-refractivity contribution in [2.75, 3.05) is 5.32 Å². The van der Waals surface area contributed by atoms with E-state index in [-0.39, 0.29) is 23.8 Å². The Hall–Kier alpha value is -2.61. The van der Waals surface area contributed by atoms with Gasteiger partial charge in [-0.15, -0.1) is 10.2 Å². The third kappa shape index (κ3) is 3.26. The van der Waals surface area contributed by atoms with Crippen LogP contribution in [-0.2, 0) is 11.2 Å². The van der Waals surface area contributed by atoms with Gasteiger partial charge in [0.05, 0.1) is 17.5 Å². The first-order valence-corrected chi connectivity index (χ1v) is 7.96. The number of H-pyrrole nitrogens is 1. The largest absolute Gasteiger partial charge is 0.300 e. The molecule has 0 aliphatic rings. The zero-order chi connectivity index (χ0) is 16.4. The lowest BCUT2D eigenvalue weighted by atomic mass is 10.1. The second-order valence-electron chi connectivity index (χ2n) is 5.37. The number of fused-ring (bicyclic) bond motifs is 1. The monoisotopic (exact) mass is 329 g/mol. The summed E-state index contributed by atoms with van der Waals surface area (Å²) >= 11 is 1.35. The lowest BCUT2D eigenvalue weighted by molar-refractivity contribution is -0.115. The minimum atomic E-state index is -0.268. The highest BCUT2D eigenvalue weighted by atomic mass is 32.1. The van der Waals surface area contributed by atoms with Crippen LogP contribution in [0.4, 0.5) is 5.13 Å². The van der Waals surface area contributed by atoms with Crippen molar-refractivity contribution in [1.29, 1.82) is 0 Å². The number of amides is 1. The van der Waals surface area contributed by atoms with Crippen LogP contribution in [0.5, 0.6) is 0 Å². The van der Waals surface area contributed by atoms with Crippen molar-refractivity contribution in [3.8, 4) is 0 Å². The Bertz CT molecular complexity index is 915. The molecule has 0 aliphatic carbocycles. The number of hydrogen-bond donors (Lipinski definition) is 2. The van der Waals surface area contributed by atoms with E-state index < -0.39 is 0 Å². The van der Waals surface area contributed by atoms with Gasteiger partial charge in [-0.1, -0.05) is 43.4 Å². The van der Waals surface area contributed by atoms with Crippen LogP contribution in [0, 0.1) is 0 Å². The number of carbonyl (C=O) groups excluding carboxylic acids is 1. The molecule has 0 saturated heterocycles. The molecule has 0 saturated carbocycles. The molecule has 0 fully saturated rings. The summed E-state index contributed by atoms with van der Waals surface area (Å²) in [5.41, 5.74) is 0.252. The fraction of sp³-hybridized carbons (Fsp3) is 0.267. The van der Waals surface area contributed by atoms with E-state index in [9.17, 15) is 9.59 Å². The van der Waals surface area contributed by atoms with E-state index in [0.29, 0.717) is 21.6 Å². The van der Waals surface area contributed by atoms with Gasteiger partial charge in [-0.05, 0) is 6.07 Å². The summed E-state index contributed by atoms with van der Waals surface area (Å²) in [4.78, 5) is 23.9. The SMILES string of the molecule is CC(C)c1nnc(NC(=O)Cc2n[nH]c(=O)c3ccccc23)s1. The zero-order valence-electron chi connectivity index (χ0n) is 12.7. The third-order valence-electron chi connectivity index (χ3n) is 3.28. The van der Waals surface area contributed by atoms with Gasteiger partial charge >= 0.3 is 0 Å². The fourth-order valence-electron chi connectivity index (χ4n) is 2.14. The minimum absolute atomic E-state index is 0.0495. The van der Waals surface area contributed by atoms with Gasteiger partial charge in [0.15, 0.2) is 0 Å². The molecule has 23 heavy (non-hydrogen) atoms. The summed E-state index contributed by atoms with van der Waals surface area (Å²) in [6, 6.07) is 7.07. The average Bonchev–Trinajstić information content (AvgIpc) is 2.99. The number of anilines is 1. The van der Waals surface area contributed by atoms with E-state index in [1.807, 2.05) is 19.9 Å². The van der Waals surface area contributed by atoms with Crippen LogP contribution in [0.1, 0.15) is 30.5 Å². The number of aromatic amines is 1. The maximum atomic E-state index is 12.2. The highest BCUT2D eigenvalue weighted by Gasteiger charge is 2.13. The quantitative estimate of drug-likeness (QED) is 0.763. The van der Waals surface area contributed by atoms with Crippen molar-refractivity contribution >= 4 is 33.1 Å². The van der Waals surface area contributed by atoms with E-state index in [1.54, 1.807) is 18.2 Å². The molecule has 0 unspecified atom stereocenters. The Morgan fingerprint density at radius 3 is 2.70 bits per heavy atom. The van der Waals surface area contributed by atoms with Crippen molar-refractivity contribution in [1.82, 2.24) is 20.4 Å². The Kier molecular flexibility index (Phi) is 4.16. The smallest absolute Gasteiger partial charge is 0.272 e. The molecule has 118 valence electrons. The number of carbonyl (C=O) groups is 1. The predicted octanol–water partition coefficient (Wildman–Crippen LogP) is 2.08. The van der Waals surface area contributed by atoms with Crippen LogP contribution in [0.15, 0.2) is 29.1 Å². The fourth-order valence-corrected chi connectivity index (χ4v) is 2.90. The lowest BCUT2D eigenvalue weighted by Gasteiger charge is -2.04. The standard InChI is InChI=1S/C15H15N5O2S/c1-8(2)14-19-20-15(23-14)16-12(21)7-11-9-5-3-4-6-10(9)13(22)18-17-11/h3-6,8H,7H2,1-2H3,(H,18,22)(H,16,20,21). The highest BCUT2D eigenvalue weighted by molar-refractivity contribution is 7.15. The summed E-state index contributed by atoms with van der Waals surface area (Å²) in [6.07, 6.45) is 0.0495. The second-order valence-corrected chi connectivity index (χ2v) is 6.38. The molecule has 2 heterocycles. The number of nitrogens with zero attached hydrogens (tertiary/aromatic N) is 3. The first kappa shape index (κ1) is 15.3. The van der Waals surface area contributed by atoms with Crippen LogP contribution in [0.2, 0.25) is 0 Å². The molecule has 0 spiro atoms. The molecular weight excluding hydrogens is 314 g/mol. The Labute approximate surface area is 135 Å². The molecular formula is C15H15N5O2S. The van der Waals surface area contributed by atoms with Crippen LogP contribution in [-0.4, -0.2) is 26.3 Å². The maximum Gasteiger partial charge on any atom is 0.272 e. The van der Waals surface area contributed by atoms with E-state index in [4.69, 9.17) is 0 Å². The molecule has 8 heteroatoms. The molecule has 0 aliphatic heterocycles. The van der Waals surface area contributed by atoms with Crippen LogP contribution in [0.25, 0.3) is 10.8 Å². The van der Waals surface area contributed by atoms with Gasteiger partial charge in [0.2, 0.25) is 11.0 Å². The molecule has 0 radical (unpaired) electrons. The first-order valence-electron chi connectivity index (χ1n) is 7.14. The number of hydrogen-bond acceptors (Lipinski definition) is 6. The van der Waals surface area contributed by atoms with Gasteiger partial charge in [-0.3, -0.25) is 9.59 Å². The maximum absolute atomic E-state index is 12.2. The van der Waals surface area contributed by atoms with Crippen LogP contribution in [0.3, 0.4) is 0 Å². The summed E-state index contributed by atoms with van der Waals surface area (Å²) < 4.78 is 0. The van der Waals surface area contributed by atoms with E-state index in [2.05, 4.69) is 25.7 Å². The lowest BCUT2D eigenvalue weighted by Crippen LogP contribution is -2.18. The van der Waals surface area contributed by atoms with Crippen molar-refractivity contribution in [3.63, 3.8) is 0 Å². The number of nitrogens with one attached hydrogen (secondary N) is 2. The van der Waals surface area contributed by atoms with Crippen molar-refractivity contribution in [2.24, 2.45) is 0 Å². The van der Waals surface area contributed by atoms with Crippen LogP contribution < -0.4 is 10.9 Å². The summed E-state index contributed by atoms with van der Waals surface area (Å²) in [5.74, 6) is 0.0177. The summed E-state index contributed by atoms with van der Waals surface area (Å²) in [6.45, 7) is 4.03. The van der Waals surface area contributed by atoms with Crippen molar-refractivity contribution in [2.45, 2.75) is 26.2 Å². The topological polar surface area (TPSA) is 101 Å². The number of benzene rings is 1. The molecule has 3 aromatic rings. The van der Waals surface area contributed by atoms with Gasteiger partial charge in [-0.2, -0.15) is 5.10 Å². The predicted molar refractivity (Wildman–Crippen MR) is 88.7 cm³/mol. The normalized spacial score (nSPS) is 11.1. The zero-order valence-corrected chi connectivity index (χ0v) is 13.5. The molecule has 1 amide bonds. The minimum Gasteiger partial charge on any atom is -0.300 e. The highest BCUT2D eigenvalue weighted by Crippen LogP contribution is 2.22. The molecule has 3 rings (SSSR count). The van der Waals surface area contributed by atoms with E-state index in [1.165, 1.54) is 11.3 Å². The van der Waals surface area contributed by atoms with E-state index >= 15 is 0 Å². The molecule has 7 nitrogen and oxygen atoms in total. The Balaban J connectivity index is 1.80. The van der Waals surface area contributed by atoms with Gasteiger partial charge in [0.1, 0.15) is 5.01 Å². The van der Waals surface area contributed by atoms with Crippen molar-refractivity contribution in [3.05, 3.63) is 45.3 Å². The summed E-state index contributed by atoms with van der Waals surface area (Å²) in [5, 5.41) is 19.6. The Morgan fingerprint density at radius 2 is 2.00 bits per heavy atom. The van der Waals surface area contributed by atoms with Gasteiger partial charge in [0, 0.05) is 11.3 Å². The molecule has 0 bridgehead atoms. The van der Waals surface area contributed by atoms with Crippen LogP contribution >= 0.6 is 11.3 Å². The van der Waals surface area contributed by atoms with Crippen molar-refractivity contribution < 1.29 is 4.79 Å². The molecule has 2 aromatic heterocycles. The molecule has 2 N–H and O–H groups in total. The number of rotatable bonds is 4. The summed E-state index contributed by atoms with van der Waals surface area (Å²) in [7, 11) is 0. The van der Waals surface area contributed by atoms with Gasteiger partial charge in [-0.25, -0.2) is 5.10 Å². The third-order valence-corrected chi connectivity index (χ3v) is 4.42. The first-order chi connectivity index (χ1) is 11.0. The second kappa shape index (κ2) is 6.25. The molecule has 1 aromatic carbocycles. The van der Waals surface area contributed by atoms with Gasteiger partial charge in [0.25, 0.3) is 5.56 Å². The van der Waals surface area contributed by atoms with Gasteiger partial charge < -0.3 is 5.32 Å². The average molecular weight is 329 g/mol. The number of aromatic nitrogens is 4. The molecule has 0 atom stereocenters. The van der Waals surface area contributed by atoms with E-state index in [0.717, 1.165) is 5.01 Å². The Morgan fingerprint density at radius 1 is 1.26 bits per heavy atom.